The van der Waals surface area contributed by atoms with E-state index in [9.17, 15) is 14.0 Å². The van der Waals surface area contributed by atoms with Crippen molar-refractivity contribution < 1.29 is 37.2 Å². The van der Waals surface area contributed by atoms with Crippen LogP contribution in [0.4, 0.5) is 4.39 Å². The number of hydrogen-bond acceptors (Lipinski definition) is 7. The minimum atomic E-state index is -0.344. The van der Waals surface area contributed by atoms with Gasteiger partial charge in [0.25, 0.3) is 0 Å². The third-order valence-electron chi connectivity index (χ3n) is 7.31. The third kappa shape index (κ3) is 6.51. The number of quaternary nitrogens is 1. The second kappa shape index (κ2) is 12.4. The fourth-order valence-electron chi connectivity index (χ4n) is 5.10. The van der Waals surface area contributed by atoms with Crippen molar-refractivity contribution in [1.82, 2.24) is 5.16 Å². The SMILES string of the molecule is CCCC(=O)OC[N+]1(CCCOc2ccc(C(C)=O)cc2OC)CCC(c2noc3cc(F)ccc23)CC1. The summed E-state index contributed by atoms with van der Waals surface area (Å²) in [7, 11) is 1.55. The van der Waals surface area contributed by atoms with Gasteiger partial charge in [0.15, 0.2) is 22.9 Å². The number of fused-ring (bicyclic) bond motifs is 1. The van der Waals surface area contributed by atoms with Gasteiger partial charge in [-0.15, -0.1) is 0 Å². The number of ketones is 1. The van der Waals surface area contributed by atoms with E-state index in [-0.39, 0.29) is 23.5 Å². The zero-order valence-corrected chi connectivity index (χ0v) is 22.3. The smallest absolute Gasteiger partial charge is 0.310 e. The molecule has 204 valence electrons. The average Bonchev–Trinajstić information content (AvgIpc) is 3.33. The topological polar surface area (TPSA) is 87.9 Å². The van der Waals surface area contributed by atoms with Crippen molar-refractivity contribution in [2.75, 3.05) is 40.1 Å². The van der Waals surface area contributed by atoms with Crippen LogP contribution < -0.4 is 9.47 Å². The van der Waals surface area contributed by atoms with Crippen LogP contribution in [-0.4, -0.2) is 61.5 Å². The molecule has 1 aromatic heterocycles. The van der Waals surface area contributed by atoms with Gasteiger partial charge >= 0.3 is 5.97 Å². The Morgan fingerprint density at radius 2 is 1.92 bits per heavy atom. The second-order valence-corrected chi connectivity index (χ2v) is 10.0. The largest absolute Gasteiger partial charge is 0.493 e. The molecule has 0 N–H and O–H groups in total. The fraction of sp³-hybridized carbons (Fsp3) is 0.483. The maximum absolute atomic E-state index is 13.6. The zero-order chi connectivity index (χ0) is 27.1. The number of Topliss-reactive ketones (excluding diaryl/α,β-unsaturated/α-hetero) is 1. The van der Waals surface area contributed by atoms with Gasteiger partial charge in [-0.2, -0.15) is 0 Å². The molecular weight excluding hydrogens is 491 g/mol. The van der Waals surface area contributed by atoms with Crippen molar-refractivity contribution in [3.8, 4) is 11.5 Å². The van der Waals surface area contributed by atoms with Crippen LogP contribution in [-0.2, 0) is 9.53 Å². The van der Waals surface area contributed by atoms with E-state index in [1.165, 1.54) is 19.1 Å². The summed E-state index contributed by atoms with van der Waals surface area (Å²) >= 11 is 0. The Labute approximate surface area is 222 Å². The van der Waals surface area contributed by atoms with Crippen molar-refractivity contribution in [2.24, 2.45) is 0 Å². The number of carbonyl (C=O) groups excluding carboxylic acids is 2. The summed E-state index contributed by atoms with van der Waals surface area (Å²) < 4.78 is 36.7. The number of piperidine rings is 1. The fourth-order valence-corrected chi connectivity index (χ4v) is 5.10. The van der Waals surface area contributed by atoms with Crippen LogP contribution in [0.1, 0.15) is 67.9 Å². The Balaban J connectivity index is 1.39. The summed E-state index contributed by atoms with van der Waals surface area (Å²) in [5.74, 6) is 0.751. The van der Waals surface area contributed by atoms with E-state index < -0.39 is 0 Å². The van der Waals surface area contributed by atoms with Gasteiger partial charge < -0.3 is 18.7 Å². The lowest BCUT2D eigenvalue weighted by molar-refractivity contribution is -0.948. The molecule has 3 aromatic rings. The minimum Gasteiger partial charge on any atom is -0.493 e. The molecule has 0 bridgehead atoms. The van der Waals surface area contributed by atoms with Crippen molar-refractivity contribution in [3.63, 3.8) is 0 Å². The summed E-state index contributed by atoms with van der Waals surface area (Å²) in [5.41, 5.74) is 1.90. The van der Waals surface area contributed by atoms with Crippen LogP contribution >= 0.6 is 0 Å². The number of ether oxygens (including phenoxy) is 3. The molecule has 1 aliphatic heterocycles. The van der Waals surface area contributed by atoms with Crippen LogP contribution in [0.15, 0.2) is 40.9 Å². The lowest BCUT2D eigenvalue weighted by Gasteiger charge is -2.42. The standard InChI is InChI=1S/C29H36FN2O6/c1-4-6-28(34)37-19-32(13-5-16-36-25-10-7-22(20(2)33)17-27(25)35-3)14-11-21(12-15-32)29-24-9-8-23(30)18-26(24)38-31-29/h7-10,17-18,21H,4-6,11-16,19H2,1-3H3/q+1. The Hall–Kier alpha value is -3.46. The molecule has 0 saturated carbocycles. The van der Waals surface area contributed by atoms with E-state index in [0.29, 0.717) is 46.9 Å². The molecule has 1 fully saturated rings. The van der Waals surface area contributed by atoms with Crippen LogP contribution in [0, 0.1) is 5.82 Å². The molecule has 0 radical (unpaired) electrons. The van der Waals surface area contributed by atoms with Gasteiger partial charge in [0.2, 0.25) is 6.73 Å². The van der Waals surface area contributed by atoms with Crippen LogP contribution in [0.25, 0.3) is 11.0 Å². The molecule has 0 amide bonds. The second-order valence-electron chi connectivity index (χ2n) is 10.0. The Morgan fingerprint density at radius 1 is 1.13 bits per heavy atom. The predicted molar refractivity (Wildman–Crippen MR) is 140 cm³/mol. The maximum Gasteiger partial charge on any atom is 0.310 e. The summed E-state index contributed by atoms with van der Waals surface area (Å²) in [6.45, 7) is 6.67. The van der Waals surface area contributed by atoms with Gasteiger partial charge in [-0.3, -0.25) is 14.1 Å². The summed E-state index contributed by atoms with van der Waals surface area (Å²) in [6.07, 6.45) is 3.61. The van der Waals surface area contributed by atoms with E-state index in [1.54, 1.807) is 31.4 Å². The molecule has 9 heteroatoms. The number of likely N-dealkylation sites (tertiary alicyclic amines) is 1. The van der Waals surface area contributed by atoms with Gasteiger partial charge in [-0.1, -0.05) is 12.1 Å². The monoisotopic (exact) mass is 527 g/mol. The van der Waals surface area contributed by atoms with Gasteiger partial charge in [-0.25, -0.2) is 4.39 Å². The lowest BCUT2D eigenvalue weighted by Crippen LogP contribution is -2.55. The van der Waals surface area contributed by atoms with E-state index in [2.05, 4.69) is 5.16 Å². The van der Waals surface area contributed by atoms with Gasteiger partial charge in [0.1, 0.15) is 5.82 Å². The van der Waals surface area contributed by atoms with E-state index in [4.69, 9.17) is 18.7 Å². The highest BCUT2D eigenvalue weighted by Gasteiger charge is 2.37. The Morgan fingerprint density at radius 3 is 2.63 bits per heavy atom. The van der Waals surface area contributed by atoms with Crippen LogP contribution in [0.5, 0.6) is 11.5 Å². The number of rotatable bonds is 12. The number of hydrogen-bond donors (Lipinski definition) is 0. The highest BCUT2D eigenvalue weighted by Crippen LogP contribution is 2.35. The molecule has 2 heterocycles. The van der Waals surface area contributed by atoms with Crippen molar-refractivity contribution in [3.05, 3.63) is 53.5 Å². The minimum absolute atomic E-state index is 0.0342. The number of benzene rings is 2. The molecule has 2 aromatic carbocycles. The lowest BCUT2D eigenvalue weighted by atomic mass is 9.90. The number of methoxy groups -OCH3 is 1. The molecule has 0 spiro atoms. The van der Waals surface area contributed by atoms with Crippen LogP contribution in [0.3, 0.4) is 0 Å². The first-order valence-electron chi connectivity index (χ1n) is 13.2. The number of halogens is 1. The molecule has 1 aliphatic rings. The first-order chi connectivity index (χ1) is 18.3. The molecular formula is C29H36FN2O6+. The number of aromatic nitrogens is 1. The van der Waals surface area contributed by atoms with E-state index in [1.807, 2.05) is 6.92 Å². The molecule has 0 atom stereocenters. The molecule has 0 aliphatic carbocycles. The quantitative estimate of drug-likeness (QED) is 0.130. The third-order valence-corrected chi connectivity index (χ3v) is 7.31. The summed E-state index contributed by atoms with van der Waals surface area (Å²) in [4.78, 5) is 23.8. The van der Waals surface area contributed by atoms with E-state index >= 15 is 0 Å². The van der Waals surface area contributed by atoms with Crippen molar-refractivity contribution in [2.45, 2.75) is 51.9 Å². The molecule has 8 nitrogen and oxygen atoms in total. The average molecular weight is 528 g/mol. The Bertz CT molecular complexity index is 1270. The summed E-state index contributed by atoms with van der Waals surface area (Å²) in [6, 6.07) is 9.70. The number of nitrogens with zero attached hydrogens (tertiary/aromatic N) is 2. The van der Waals surface area contributed by atoms with Crippen molar-refractivity contribution in [1.29, 1.82) is 0 Å². The highest BCUT2D eigenvalue weighted by atomic mass is 19.1. The highest BCUT2D eigenvalue weighted by molar-refractivity contribution is 5.94. The molecule has 1 saturated heterocycles. The first-order valence-corrected chi connectivity index (χ1v) is 13.2. The molecule has 38 heavy (non-hydrogen) atoms. The number of carbonyl (C=O) groups is 2. The van der Waals surface area contributed by atoms with Gasteiger partial charge in [0.05, 0.1) is 39.0 Å². The summed E-state index contributed by atoms with van der Waals surface area (Å²) in [5, 5.41) is 5.11. The molecule has 0 unspecified atom stereocenters. The maximum atomic E-state index is 13.6. The number of esters is 1. The predicted octanol–water partition coefficient (Wildman–Crippen LogP) is 5.64. The van der Waals surface area contributed by atoms with E-state index in [0.717, 1.165) is 56.4 Å². The zero-order valence-electron chi connectivity index (χ0n) is 22.3. The van der Waals surface area contributed by atoms with Gasteiger partial charge in [0, 0.05) is 48.6 Å². The van der Waals surface area contributed by atoms with Crippen LogP contribution in [0.2, 0.25) is 0 Å². The Kier molecular flexibility index (Phi) is 8.99. The van der Waals surface area contributed by atoms with Gasteiger partial charge in [-0.05, 0) is 43.7 Å². The van der Waals surface area contributed by atoms with Crippen molar-refractivity contribution >= 4 is 22.7 Å². The molecule has 4 rings (SSSR count). The first kappa shape index (κ1) is 27.6. The normalized spacial score (nSPS) is 19.3.